The van der Waals surface area contributed by atoms with E-state index >= 15 is 0 Å². The highest BCUT2D eigenvalue weighted by molar-refractivity contribution is 5.92. The standard InChI is InChI=1S/C20H23N3O/c1-5-10-18-17(14-21-20(24)15(3)4)22-19(23(18)13-6-2)16-11-8-7-9-12-16/h5-9,11-12H,1-3,10,13-14H2,4H3,(H,21,24). The molecule has 0 radical (unpaired) electrons. The molecule has 1 aromatic heterocycles. The van der Waals surface area contributed by atoms with Crippen molar-refractivity contribution < 1.29 is 4.79 Å². The number of allylic oxidation sites excluding steroid dienone is 2. The van der Waals surface area contributed by atoms with E-state index in [0.29, 0.717) is 25.1 Å². The van der Waals surface area contributed by atoms with Crippen molar-refractivity contribution in [3.8, 4) is 11.4 Å². The Labute approximate surface area is 143 Å². The number of hydrogen-bond donors (Lipinski definition) is 1. The lowest BCUT2D eigenvalue weighted by atomic mass is 10.2. The van der Waals surface area contributed by atoms with E-state index in [2.05, 4.69) is 29.6 Å². The van der Waals surface area contributed by atoms with Gasteiger partial charge < -0.3 is 9.88 Å². The molecule has 1 amide bonds. The summed E-state index contributed by atoms with van der Waals surface area (Å²) >= 11 is 0. The molecule has 0 saturated heterocycles. The van der Waals surface area contributed by atoms with Crippen LogP contribution in [-0.2, 0) is 24.3 Å². The van der Waals surface area contributed by atoms with Gasteiger partial charge in [0.25, 0.3) is 0 Å². The van der Waals surface area contributed by atoms with Crippen LogP contribution in [0.1, 0.15) is 18.3 Å². The molecule has 2 aromatic rings. The minimum absolute atomic E-state index is 0.168. The fourth-order valence-corrected chi connectivity index (χ4v) is 2.49. The lowest BCUT2D eigenvalue weighted by Gasteiger charge is -2.10. The predicted molar refractivity (Wildman–Crippen MR) is 98.4 cm³/mol. The zero-order chi connectivity index (χ0) is 17.5. The number of amides is 1. The van der Waals surface area contributed by atoms with Crippen LogP contribution < -0.4 is 5.32 Å². The Balaban J connectivity index is 2.45. The second-order valence-electron chi connectivity index (χ2n) is 5.55. The zero-order valence-electron chi connectivity index (χ0n) is 14.1. The zero-order valence-corrected chi connectivity index (χ0v) is 14.1. The molecular weight excluding hydrogens is 298 g/mol. The van der Waals surface area contributed by atoms with Crippen LogP contribution in [0.3, 0.4) is 0 Å². The van der Waals surface area contributed by atoms with Gasteiger partial charge in [0, 0.05) is 29.8 Å². The summed E-state index contributed by atoms with van der Waals surface area (Å²) in [5.41, 5.74) is 3.38. The van der Waals surface area contributed by atoms with E-state index in [4.69, 9.17) is 4.98 Å². The van der Waals surface area contributed by atoms with Crippen LogP contribution in [0.25, 0.3) is 11.4 Å². The van der Waals surface area contributed by atoms with Gasteiger partial charge in [-0.15, -0.1) is 13.2 Å². The minimum Gasteiger partial charge on any atom is -0.347 e. The maximum atomic E-state index is 11.8. The average Bonchev–Trinajstić information content (AvgIpc) is 2.92. The monoisotopic (exact) mass is 321 g/mol. The van der Waals surface area contributed by atoms with Gasteiger partial charge in [-0.05, 0) is 6.92 Å². The van der Waals surface area contributed by atoms with E-state index in [1.165, 1.54) is 0 Å². The Hall–Kier alpha value is -2.88. The first-order valence-electron chi connectivity index (χ1n) is 7.87. The molecule has 1 heterocycles. The fourth-order valence-electron chi connectivity index (χ4n) is 2.49. The first kappa shape index (κ1) is 17.5. The number of carbonyl (C=O) groups is 1. The van der Waals surface area contributed by atoms with Gasteiger partial charge >= 0.3 is 0 Å². The van der Waals surface area contributed by atoms with E-state index in [-0.39, 0.29) is 5.91 Å². The normalized spacial score (nSPS) is 10.2. The molecule has 4 heteroatoms. The maximum absolute atomic E-state index is 11.8. The molecule has 24 heavy (non-hydrogen) atoms. The van der Waals surface area contributed by atoms with Gasteiger partial charge in [0.2, 0.25) is 5.91 Å². The number of aromatic nitrogens is 2. The molecule has 0 aliphatic heterocycles. The lowest BCUT2D eigenvalue weighted by molar-refractivity contribution is -0.117. The molecule has 0 bridgehead atoms. The van der Waals surface area contributed by atoms with Crippen molar-refractivity contribution in [2.75, 3.05) is 0 Å². The third kappa shape index (κ3) is 3.90. The van der Waals surface area contributed by atoms with Crippen molar-refractivity contribution in [2.24, 2.45) is 0 Å². The molecule has 1 N–H and O–H groups in total. The van der Waals surface area contributed by atoms with Gasteiger partial charge in [0.05, 0.1) is 12.2 Å². The van der Waals surface area contributed by atoms with Crippen molar-refractivity contribution in [1.29, 1.82) is 0 Å². The Bertz CT molecular complexity index is 757. The Morgan fingerprint density at radius 2 is 1.96 bits per heavy atom. The summed E-state index contributed by atoms with van der Waals surface area (Å²) in [5, 5.41) is 2.86. The SMILES string of the molecule is C=CCc1c(CNC(=O)C(=C)C)nc(-c2ccccc2)n1CC=C. The van der Waals surface area contributed by atoms with E-state index < -0.39 is 0 Å². The molecule has 0 fully saturated rings. The first-order chi connectivity index (χ1) is 11.6. The maximum Gasteiger partial charge on any atom is 0.246 e. The van der Waals surface area contributed by atoms with Crippen LogP contribution in [0.2, 0.25) is 0 Å². The van der Waals surface area contributed by atoms with Crippen LogP contribution >= 0.6 is 0 Å². The summed E-state index contributed by atoms with van der Waals surface area (Å²) in [6.07, 6.45) is 4.36. The summed E-state index contributed by atoms with van der Waals surface area (Å²) < 4.78 is 2.12. The number of nitrogens with zero attached hydrogens (tertiary/aromatic N) is 2. The first-order valence-corrected chi connectivity index (χ1v) is 7.87. The second kappa shape index (κ2) is 8.11. The largest absolute Gasteiger partial charge is 0.347 e. The van der Waals surface area contributed by atoms with Crippen molar-refractivity contribution in [3.63, 3.8) is 0 Å². The summed E-state index contributed by atoms with van der Waals surface area (Å²) in [7, 11) is 0. The number of imidazole rings is 1. The third-order valence-electron chi connectivity index (χ3n) is 3.64. The highest BCUT2D eigenvalue weighted by Crippen LogP contribution is 2.23. The van der Waals surface area contributed by atoms with Gasteiger partial charge in [-0.25, -0.2) is 4.98 Å². The van der Waals surface area contributed by atoms with Crippen LogP contribution in [0, 0.1) is 0 Å². The third-order valence-corrected chi connectivity index (χ3v) is 3.64. The predicted octanol–water partition coefficient (Wildman–Crippen LogP) is 3.66. The number of hydrogen-bond acceptors (Lipinski definition) is 2. The van der Waals surface area contributed by atoms with Gasteiger partial charge in [0.1, 0.15) is 5.82 Å². The Morgan fingerprint density at radius 1 is 1.25 bits per heavy atom. The van der Waals surface area contributed by atoms with E-state index in [1.807, 2.05) is 42.5 Å². The van der Waals surface area contributed by atoms with Crippen LogP contribution in [-0.4, -0.2) is 15.5 Å². The number of benzene rings is 1. The van der Waals surface area contributed by atoms with E-state index in [1.54, 1.807) is 6.92 Å². The summed E-state index contributed by atoms with van der Waals surface area (Å²) in [4.78, 5) is 16.6. The van der Waals surface area contributed by atoms with Gasteiger partial charge in [-0.1, -0.05) is 49.1 Å². The minimum atomic E-state index is -0.168. The average molecular weight is 321 g/mol. The smallest absolute Gasteiger partial charge is 0.246 e. The molecule has 1 aromatic carbocycles. The molecule has 0 atom stereocenters. The molecule has 0 aliphatic carbocycles. The summed E-state index contributed by atoms with van der Waals surface area (Å²) in [5.74, 6) is 0.700. The number of nitrogens with one attached hydrogen (secondary N) is 1. The molecule has 4 nitrogen and oxygen atoms in total. The van der Waals surface area contributed by atoms with Crippen molar-refractivity contribution in [2.45, 2.75) is 26.4 Å². The Kier molecular flexibility index (Phi) is 5.90. The molecule has 0 aliphatic rings. The topological polar surface area (TPSA) is 46.9 Å². The van der Waals surface area contributed by atoms with E-state index in [0.717, 1.165) is 22.8 Å². The second-order valence-corrected chi connectivity index (χ2v) is 5.55. The van der Waals surface area contributed by atoms with Crippen molar-refractivity contribution in [1.82, 2.24) is 14.9 Å². The molecular formula is C20H23N3O. The number of rotatable bonds is 8. The molecule has 124 valence electrons. The lowest BCUT2D eigenvalue weighted by Crippen LogP contribution is -2.24. The molecule has 2 rings (SSSR count). The number of carbonyl (C=O) groups excluding carboxylic acids is 1. The van der Waals surface area contributed by atoms with Gasteiger partial charge in [0.15, 0.2) is 0 Å². The summed E-state index contributed by atoms with van der Waals surface area (Å²) in [6, 6.07) is 9.99. The summed E-state index contributed by atoms with van der Waals surface area (Å²) in [6.45, 7) is 14.0. The molecule has 0 saturated carbocycles. The fraction of sp³-hybridized carbons (Fsp3) is 0.200. The van der Waals surface area contributed by atoms with Gasteiger partial charge in [-0.2, -0.15) is 0 Å². The Morgan fingerprint density at radius 3 is 2.54 bits per heavy atom. The highest BCUT2D eigenvalue weighted by Gasteiger charge is 2.17. The molecule has 0 unspecified atom stereocenters. The molecule has 0 spiro atoms. The van der Waals surface area contributed by atoms with Crippen LogP contribution in [0.5, 0.6) is 0 Å². The highest BCUT2D eigenvalue weighted by atomic mass is 16.1. The van der Waals surface area contributed by atoms with E-state index in [9.17, 15) is 4.79 Å². The van der Waals surface area contributed by atoms with Crippen LogP contribution in [0.4, 0.5) is 0 Å². The van der Waals surface area contributed by atoms with Crippen LogP contribution in [0.15, 0.2) is 67.8 Å². The quantitative estimate of drug-likeness (QED) is 0.596. The van der Waals surface area contributed by atoms with Crippen molar-refractivity contribution >= 4 is 5.91 Å². The van der Waals surface area contributed by atoms with Gasteiger partial charge in [-0.3, -0.25) is 4.79 Å². The van der Waals surface area contributed by atoms with Crippen molar-refractivity contribution in [3.05, 3.63) is 79.2 Å².